The van der Waals surface area contributed by atoms with Gasteiger partial charge in [0.2, 0.25) is 0 Å². The summed E-state index contributed by atoms with van der Waals surface area (Å²) in [5, 5.41) is 22.1. The minimum absolute atomic E-state index is 0.178. The van der Waals surface area contributed by atoms with E-state index in [1.807, 2.05) is 0 Å². The summed E-state index contributed by atoms with van der Waals surface area (Å²) in [7, 11) is -8.84. The Morgan fingerprint density at radius 1 is 0.718 bits per heavy atom. The maximum atomic E-state index is 13.0. The minimum atomic E-state index is -4.46. The maximum absolute atomic E-state index is 13.0. The van der Waals surface area contributed by atoms with E-state index in [2.05, 4.69) is 9.44 Å². The number of nitrogens with zero attached hydrogens (tertiary/aromatic N) is 2. The molecule has 0 fully saturated rings. The summed E-state index contributed by atoms with van der Waals surface area (Å²) in [5.41, 5.74) is -1.59. The number of ketones is 2. The number of hydrogen-bond donors (Lipinski definition) is 2. The van der Waals surface area contributed by atoms with Crippen LogP contribution < -0.4 is 9.44 Å². The largest absolute Gasteiger partial charge is 0.299 e. The summed E-state index contributed by atoms with van der Waals surface area (Å²) in [5.74, 6) is -2.83. The molecule has 39 heavy (non-hydrogen) atoms. The molecule has 0 spiro atoms. The number of carbonyl (C=O) groups excluding carboxylic acids is 2. The van der Waals surface area contributed by atoms with E-state index in [1.54, 1.807) is 0 Å². The Kier molecular flexibility index (Phi) is 8.11. The zero-order valence-corrected chi connectivity index (χ0v) is 21.9. The first-order chi connectivity index (χ1) is 18.1. The number of benzene rings is 3. The van der Waals surface area contributed by atoms with Crippen molar-refractivity contribution in [3.05, 3.63) is 92.5 Å². The van der Waals surface area contributed by atoms with E-state index in [-0.39, 0.29) is 16.9 Å². The number of nitrogens with one attached hydrogen (secondary N) is 2. The van der Waals surface area contributed by atoms with E-state index >= 15 is 0 Å². The molecule has 14 nitrogen and oxygen atoms in total. The molecule has 3 aromatic rings. The van der Waals surface area contributed by atoms with Crippen LogP contribution in [0.1, 0.15) is 25.3 Å². The van der Waals surface area contributed by atoms with Gasteiger partial charge in [0.05, 0.1) is 25.3 Å². The van der Waals surface area contributed by atoms with Crippen LogP contribution in [-0.2, 0) is 29.6 Å². The smallest absolute Gasteiger partial charge is 0.270 e. The lowest BCUT2D eigenvalue weighted by atomic mass is 9.90. The predicted molar refractivity (Wildman–Crippen MR) is 138 cm³/mol. The number of non-ortho nitro benzene ring substituents is 2. The third kappa shape index (κ3) is 6.60. The monoisotopic (exact) mass is 576 g/mol. The van der Waals surface area contributed by atoms with E-state index in [9.17, 15) is 46.7 Å². The Bertz CT molecular complexity index is 1710. The molecule has 0 aromatic heterocycles. The van der Waals surface area contributed by atoms with Crippen LogP contribution in [0.5, 0.6) is 0 Å². The molecule has 204 valence electrons. The summed E-state index contributed by atoms with van der Waals surface area (Å²) in [6.07, 6.45) is 0. The predicted octanol–water partition coefficient (Wildman–Crippen LogP) is 3.37. The highest BCUT2D eigenvalue weighted by atomic mass is 32.2. The van der Waals surface area contributed by atoms with Crippen molar-refractivity contribution in [2.45, 2.75) is 29.6 Å². The van der Waals surface area contributed by atoms with Crippen LogP contribution in [0, 0.1) is 20.2 Å². The normalized spacial score (nSPS) is 11.6. The molecular formula is C23H20N4O10S2. The van der Waals surface area contributed by atoms with Gasteiger partial charge < -0.3 is 0 Å². The lowest BCUT2D eigenvalue weighted by molar-refractivity contribution is -0.385. The van der Waals surface area contributed by atoms with Crippen LogP contribution in [0.25, 0.3) is 0 Å². The molecule has 2 N–H and O–H groups in total. The average molecular weight is 577 g/mol. The van der Waals surface area contributed by atoms with Gasteiger partial charge in [-0.05, 0) is 49.7 Å². The van der Waals surface area contributed by atoms with Gasteiger partial charge in [-0.15, -0.1) is 0 Å². The molecule has 0 heterocycles. The topological polar surface area (TPSA) is 213 Å². The van der Waals surface area contributed by atoms with Crippen molar-refractivity contribution in [2.24, 2.45) is 0 Å². The van der Waals surface area contributed by atoms with Gasteiger partial charge in [-0.3, -0.25) is 39.3 Å². The minimum Gasteiger partial charge on any atom is -0.299 e. The molecule has 0 saturated carbocycles. The molecule has 0 bridgehead atoms. The Hall–Kier alpha value is -4.70. The Morgan fingerprint density at radius 3 is 1.62 bits per heavy atom. The Morgan fingerprint density at radius 2 is 1.18 bits per heavy atom. The molecular weight excluding hydrogens is 556 g/mol. The molecule has 0 unspecified atom stereocenters. The lowest BCUT2D eigenvalue weighted by Gasteiger charge is -2.19. The second-order valence-corrected chi connectivity index (χ2v) is 11.5. The summed E-state index contributed by atoms with van der Waals surface area (Å²) in [6, 6.07) is 11.7. The van der Waals surface area contributed by atoms with Gasteiger partial charge in [-0.25, -0.2) is 16.8 Å². The molecule has 3 rings (SSSR count). The number of hydrogen-bond acceptors (Lipinski definition) is 10. The number of carbonyl (C=O) groups is 2. The molecule has 0 atom stereocenters. The number of rotatable bonds is 11. The summed E-state index contributed by atoms with van der Waals surface area (Å²) in [6.45, 7) is 2.18. The molecule has 0 aliphatic rings. The van der Waals surface area contributed by atoms with Gasteiger partial charge in [-0.2, -0.15) is 0 Å². The third-order valence-electron chi connectivity index (χ3n) is 5.35. The summed E-state index contributed by atoms with van der Waals surface area (Å²) < 4.78 is 56.2. The molecule has 0 saturated heterocycles. The highest BCUT2D eigenvalue weighted by molar-refractivity contribution is 7.93. The second-order valence-electron chi connectivity index (χ2n) is 8.18. The van der Waals surface area contributed by atoms with Crippen LogP contribution in [-0.4, -0.2) is 38.2 Å². The third-order valence-corrected chi connectivity index (χ3v) is 8.09. The van der Waals surface area contributed by atoms with E-state index in [4.69, 9.17) is 0 Å². The van der Waals surface area contributed by atoms with Gasteiger partial charge in [0.15, 0.2) is 0 Å². The first-order valence-corrected chi connectivity index (χ1v) is 13.8. The first-order valence-electron chi connectivity index (χ1n) is 10.8. The van der Waals surface area contributed by atoms with E-state index in [0.717, 1.165) is 74.5 Å². The number of anilines is 2. The number of nitro groups is 2. The zero-order valence-electron chi connectivity index (χ0n) is 20.2. The summed E-state index contributed by atoms with van der Waals surface area (Å²) >= 11 is 0. The number of sulfonamides is 2. The second kappa shape index (κ2) is 11.0. The van der Waals surface area contributed by atoms with Crippen LogP contribution >= 0.6 is 0 Å². The number of nitro benzene ring substituents is 2. The standard InChI is InChI=1S/C23H20N4O10S2/c1-14(28)23(15(2)29)21-11-16(24-38(34,35)19-7-3-5-17(12-19)26(30)31)9-10-22(21)25-39(36,37)20-8-4-6-18(13-20)27(32)33/h3-13,23-25H,1-2H3. The molecule has 0 amide bonds. The fourth-order valence-corrected chi connectivity index (χ4v) is 5.84. The van der Waals surface area contributed by atoms with Crippen LogP contribution in [0.4, 0.5) is 22.7 Å². The van der Waals surface area contributed by atoms with Crippen molar-refractivity contribution >= 4 is 54.4 Å². The van der Waals surface area contributed by atoms with Gasteiger partial charge in [0, 0.05) is 30.0 Å². The van der Waals surface area contributed by atoms with Crippen molar-refractivity contribution in [2.75, 3.05) is 9.44 Å². The molecule has 0 radical (unpaired) electrons. The summed E-state index contributed by atoms with van der Waals surface area (Å²) in [4.78, 5) is 44.3. The van der Waals surface area contributed by atoms with Gasteiger partial charge in [-0.1, -0.05) is 12.1 Å². The van der Waals surface area contributed by atoms with Crippen molar-refractivity contribution in [3.8, 4) is 0 Å². The fraction of sp³-hybridized carbons (Fsp3) is 0.130. The van der Waals surface area contributed by atoms with Crippen molar-refractivity contribution < 1.29 is 36.3 Å². The highest BCUT2D eigenvalue weighted by Gasteiger charge is 2.28. The zero-order chi connectivity index (χ0) is 29.1. The van der Waals surface area contributed by atoms with Crippen molar-refractivity contribution in [1.82, 2.24) is 0 Å². The SMILES string of the molecule is CC(=O)C(C(C)=O)c1cc(NS(=O)(=O)c2cccc([N+](=O)[O-])c2)ccc1NS(=O)(=O)c1cccc([N+](=O)[O-])c1. The number of Topliss-reactive ketones (excluding diaryl/α,β-unsaturated/α-hetero) is 2. The molecule has 16 heteroatoms. The van der Waals surface area contributed by atoms with Crippen LogP contribution in [0.3, 0.4) is 0 Å². The van der Waals surface area contributed by atoms with Crippen LogP contribution in [0.15, 0.2) is 76.5 Å². The average Bonchev–Trinajstić information content (AvgIpc) is 2.85. The van der Waals surface area contributed by atoms with Crippen molar-refractivity contribution in [1.29, 1.82) is 0 Å². The fourth-order valence-electron chi connectivity index (χ4n) is 3.63. The first kappa shape index (κ1) is 28.9. The van der Waals surface area contributed by atoms with E-state index in [1.165, 1.54) is 6.07 Å². The molecule has 0 aliphatic heterocycles. The lowest BCUT2D eigenvalue weighted by Crippen LogP contribution is -2.22. The molecule has 0 aliphatic carbocycles. The highest BCUT2D eigenvalue weighted by Crippen LogP contribution is 2.32. The van der Waals surface area contributed by atoms with E-state index in [0.29, 0.717) is 0 Å². The van der Waals surface area contributed by atoms with Gasteiger partial charge in [0.25, 0.3) is 31.4 Å². The van der Waals surface area contributed by atoms with Gasteiger partial charge >= 0.3 is 0 Å². The maximum Gasteiger partial charge on any atom is 0.270 e. The van der Waals surface area contributed by atoms with Gasteiger partial charge in [0.1, 0.15) is 17.5 Å². The van der Waals surface area contributed by atoms with Crippen LogP contribution in [0.2, 0.25) is 0 Å². The Balaban J connectivity index is 2.09. The quantitative estimate of drug-likeness (QED) is 0.193. The van der Waals surface area contributed by atoms with E-state index < -0.39 is 68.5 Å². The molecule has 3 aromatic carbocycles. The van der Waals surface area contributed by atoms with Crippen molar-refractivity contribution in [3.63, 3.8) is 0 Å². The Labute approximate surface area is 222 Å².